The highest BCUT2D eigenvalue weighted by Crippen LogP contribution is 2.33. The summed E-state index contributed by atoms with van der Waals surface area (Å²) in [5, 5.41) is 4.49. The maximum Gasteiger partial charge on any atom is 0.265 e. The molecule has 5 amide bonds. The number of halogens is 1. The number of nitrogens with one attached hydrogen (secondary N) is 2. The summed E-state index contributed by atoms with van der Waals surface area (Å²) >= 11 is 0. The first kappa shape index (κ1) is 14.5. The number of carbonyl (C=O) groups is 5. The van der Waals surface area contributed by atoms with Crippen LogP contribution in [0.2, 0.25) is 0 Å². The summed E-state index contributed by atoms with van der Waals surface area (Å²) in [5.41, 5.74) is -0.625. The maximum atomic E-state index is 14.6. The van der Waals surface area contributed by atoms with Gasteiger partial charge in [0.1, 0.15) is 11.9 Å². The van der Waals surface area contributed by atoms with Gasteiger partial charge in [0.15, 0.2) is 0 Å². The predicted molar refractivity (Wildman–Crippen MR) is 74.2 cm³/mol. The van der Waals surface area contributed by atoms with Crippen LogP contribution in [-0.4, -0.2) is 40.5 Å². The van der Waals surface area contributed by atoms with Crippen molar-refractivity contribution >= 4 is 29.5 Å². The SMILES string of the molecule is O=C1CCC(N2C(=O)c3cc4c(c(F)c3C2=O)CNC4=O)C(=O)N1. The molecule has 0 aliphatic carbocycles. The molecule has 1 aromatic carbocycles. The first-order valence-electron chi connectivity index (χ1n) is 7.25. The van der Waals surface area contributed by atoms with E-state index in [1.54, 1.807) is 0 Å². The van der Waals surface area contributed by atoms with Gasteiger partial charge in [-0.25, -0.2) is 4.39 Å². The van der Waals surface area contributed by atoms with Crippen molar-refractivity contribution in [1.29, 1.82) is 0 Å². The molecule has 2 N–H and O–H groups in total. The molecule has 0 saturated carbocycles. The summed E-state index contributed by atoms with van der Waals surface area (Å²) < 4.78 is 14.6. The standard InChI is InChI=1S/C15H10FN3O5/c16-11-7-4-17-12(21)5(7)3-6-10(11)15(24)19(14(6)23)8-1-2-9(20)18-13(8)22/h3,8H,1-2,4H2,(H,17,21)(H,18,20,22). The molecular weight excluding hydrogens is 321 g/mol. The van der Waals surface area contributed by atoms with Gasteiger partial charge < -0.3 is 5.32 Å². The molecule has 9 heteroatoms. The number of carbonyl (C=O) groups excluding carboxylic acids is 5. The fourth-order valence-corrected chi connectivity index (χ4v) is 3.26. The average molecular weight is 331 g/mol. The summed E-state index contributed by atoms with van der Waals surface area (Å²) in [7, 11) is 0. The molecule has 0 radical (unpaired) electrons. The molecule has 3 aliphatic rings. The Kier molecular flexibility index (Phi) is 2.84. The van der Waals surface area contributed by atoms with E-state index in [0.29, 0.717) is 4.90 Å². The lowest BCUT2D eigenvalue weighted by Crippen LogP contribution is -2.54. The smallest absolute Gasteiger partial charge is 0.265 e. The molecular formula is C15H10FN3O5. The maximum absolute atomic E-state index is 14.6. The van der Waals surface area contributed by atoms with Gasteiger partial charge in [-0.3, -0.25) is 34.2 Å². The van der Waals surface area contributed by atoms with Crippen LogP contribution in [0.5, 0.6) is 0 Å². The topological polar surface area (TPSA) is 113 Å². The number of piperidine rings is 1. The van der Waals surface area contributed by atoms with Gasteiger partial charge in [-0.15, -0.1) is 0 Å². The van der Waals surface area contributed by atoms with E-state index in [9.17, 15) is 28.4 Å². The zero-order valence-electron chi connectivity index (χ0n) is 12.1. The summed E-state index contributed by atoms with van der Waals surface area (Å²) in [4.78, 5) is 60.6. The number of hydrogen-bond donors (Lipinski definition) is 2. The summed E-state index contributed by atoms with van der Waals surface area (Å²) in [6.45, 7) is -0.0623. The van der Waals surface area contributed by atoms with Gasteiger partial charge in [-0.05, 0) is 12.5 Å². The Morgan fingerprint density at radius 2 is 1.83 bits per heavy atom. The number of amides is 5. The lowest BCUT2D eigenvalue weighted by atomic mass is 10.0. The highest BCUT2D eigenvalue weighted by Gasteiger charge is 2.47. The fourth-order valence-electron chi connectivity index (χ4n) is 3.26. The minimum absolute atomic E-state index is 0.0116. The van der Waals surface area contributed by atoms with Crippen molar-refractivity contribution in [3.63, 3.8) is 0 Å². The Bertz CT molecular complexity index is 878. The highest BCUT2D eigenvalue weighted by molar-refractivity contribution is 6.24. The molecule has 0 bridgehead atoms. The highest BCUT2D eigenvalue weighted by atomic mass is 19.1. The van der Waals surface area contributed by atoms with Crippen LogP contribution in [0.4, 0.5) is 4.39 Å². The van der Waals surface area contributed by atoms with E-state index in [1.807, 2.05) is 0 Å². The second-order valence-corrected chi connectivity index (χ2v) is 5.77. The van der Waals surface area contributed by atoms with Gasteiger partial charge in [0.05, 0.1) is 11.1 Å². The summed E-state index contributed by atoms with van der Waals surface area (Å²) in [6, 6.07) is 0.0144. The zero-order chi connectivity index (χ0) is 17.2. The van der Waals surface area contributed by atoms with Crippen molar-refractivity contribution < 1.29 is 28.4 Å². The number of rotatable bonds is 1. The molecule has 1 fully saturated rings. The quantitative estimate of drug-likeness (QED) is 0.672. The Morgan fingerprint density at radius 3 is 2.54 bits per heavy atom. The molecule has 1 saturated heterocycles. The normalized spacial score (nSPS) is 22.5. The van der Waals surface area contributed by atoms with Crippen LogP contribution in [0.3, 0.4) is 0 Å². The van der Waals surface area contributed by atoms with E-state index < -0.39 is 47.0 Å². The molecule has 24 heavy (non-hydrogen) atoms. The molecule has 3 heterocycles. The number of hydrogen-bond acceptors (Lipinski definition) is 5. The molecule has 4 rings (SSSR count). The van der Waals surface area contributed by atoms with Gasteiger partial charge in [0.2, 0.25) is 11.8 Å². The molecule has 0 spiro atoms. The van der Waals surface area contributed by atoms with E-state index in [4.69, 9.17) is 0 Å². The molecule has 0 aromatic heterocycles. The van der Waals surface area contributed by atoms with Crippen LogP contribution >= 0.6 is 0 Å². The second-order valence-electron chi connectivity index (χ2n) is 5.77. The van der Waals surface area contributed by atoms with Gasteiger partial charge in [-0.1, -0.05) is 0 Å². The Hall–Kier alpha value is -3.10. The monoisotopic (exact) mass is 331 g/mol. The number of imide groups is 2. The van der Waals surface area contributed by atoms with Crippen LogP contribution < -0.4 is 10.6 Å². The van der Waals surface area contributed by atoms with E-state index in [0.717, 1.165) is 0 Å². The van der Waals surface area contributed by atoms with Crippen molar-refractivity contribution in [3.05, 3.63) is 34.1 Å². The molecule has 1 unspecified atom stereocenters. The third kappa shape index (κ3) is 1.75. The lowest BCUT2D eigenvalue weighted by molar-refractivity contribution is -0.136. The van der Waals surface area contributed by atoms with Crippen molar-refractivity contribution in [1.82, 2.24) is 15.5 Å². The van der Waals surface area contributed by atoms with Crippen LogP contribution in [-0.2, 0) is 16.1 Å². The average Bonchev–Trinajstić information content (AvgIpc) is 3.01. The summed E-state index contributed by atoms with van der Waals surface area (Å²) in [5.74, 6) is -4.48. The fraction of sp³-hybridized carbons (Fsp3) is 0.267. The Labute approximate surface area is 134 Å². The van der Waals surface area contributed by atoms with Gasteiger partial charge >= 0.3 is 0 Å². The lowest BCUT2D eigenvalue weighted by Gasteiger charge is -2.27. The molecule has 8 nitrogen and oxygen atoms in total. The number of benzene rings is 1. The second kappa shape index (κ2) is 4.70. The van der Waals surface area contributed by atoms with E-state index in [2.05, 4.69) is 10.6 Å². The van der Waals surface area contributed by atoms with Crippen molar-refractivity contribution in [2.24, 2.45) is 0 Å². The molecule has 3 aliphatic heterocycles. The minimum Gasteiger partial charge on any atom is -0.348 e. The van der Waals surface area contributed by atoms with Crippen molar-refractivity contribution in [2.75, 3.05) is 0 Å². The van der Waals surface area contributed by atoms with Crippen LogP contribution in [0.1, 0.15) is 49.5 Å². The summed E-state index contributed by atoms with van der Waals surface area (Å²) in [6.07, 6.45) is -0.0385. The largest absolute Gasteiger partial charge is 0.348 e. The molecule has 1 atom stereocenters. The van der Waals surface area contributed by atoms with E-state index in [1.165, 1.54) is 6.07 Å². The third-order valence-electron chi connectivity index (χ3n) is 4.44. The first-order chi connectivity index (χ1) is 11.4. The number of nitrogens with zero attached hydrogens (tertiary/aromatic N) is 1. The van der Waals surface area contributed by atoms with Crippen molar-refractivity contribution in [3.8, 4) is 0 Å². The van der Waals surface area contributed by atoms with Crippen LogP contribution in [0.15, 0.2) is 6.07 Å². The van der Waals surface area contributed by atoms with Gasteiger partial charge in [0, 0.05) is 24.1 Å². The van der Waals surface area contributed by atoms with Crippen molar-refractivity contribution in [2.45, 2.75) is 25.4 Å². The van der Waals surface area contributed by atoms with E-state index in [-0.39, 0.29) is 36.1 Å². The minimum atomic E-state index is -1.17. The molecule has 1 aromatic rings. The third-order valence-corrected chi connectivity index (χ3v) is 4.44. The first-order valence-corrected chi connectivity index (χ1v) is 7.25. The van der Waals surface area contributed by atoms with Crippen LogP contribution in [0, 0.1) is 5.82 Å². The van der Waals surface area contributed by atoms with Gasteiger partial charge in [0.25, 0.3) is 17.7 Å². The number of fused-ring (bicyclic) bond motifs is 2. The zero-order valence-corrected chi connectivity index (χ0v) is 12.1. The van der Waals surface area contributed by atoms with Gasteiger partial charge in [-0.2, -0.15) is 0 Å². The Morgan fingerprint density at radius 1 is 1.08 bits per heavy atom. The van der Waals surface area contributed by atoms with E-state index >= 15 is 0 Å². The van der Waals surface area contributed by atoms with Crippen LogP contribution in [0.25, 0.3) is 0 Å². The Balaban J connectivity index is 1.80. The molecule has 122 valence electrons. The predicted octanol–water partition coefficient (Wildman–Crippen LogP) is -0.530.